The summed E-state index contributed by atoms with van der Waals surface area (Å²) in [5.41, 5.74) is 0. The molecule has 0 bridgehead atoms. The lowest BCUT2D eigenvalue weighted by atomic mass is 9.98. The summed E-state index contributed by atoms with van der Waals surface area (Å²) in [4.78, 5) is -5.70. The molecule has 28 heteroatoms. The van der Waals surface area contributed by atoms with Crippen LogP contribution in [0.5, 0.6) is 0 Å². The van der Waals surface area contributed by atoms with E-state index >= 15 is 0 Å². The molecule has 10 nitrogen and oxygen atoms in total. The molecule has 0 aliphatic rings. The van der Waals surface area contributed by atoms with Crippen LogP contribution in [0.3, 0.4) is 0 Å². The maximum Gasteiger partial charge on any atom is 0.428 e. The molecular formula is C18H9F14NO9S4. The maximum atomic E-state index is 14.3. The smallest absolute Gasteiger partial charge is 0.282 e. The average Bonchev–Trinajstić information content (AvgIpc) is 2.86. The number of benzene rings is 2. The van der Waals surface area contributed by atoms with E-state index < -0.39 is 113 Å². The molecule has 0 aliphatic heterocycles. The van der Waals surface area contributed by atoms with Crippen molar-refractivity contribution >= 4 is 40.0 Å². The van der Waals surface area contributed by atoms with Gasteiger partial charge in [-0.2, -0.15) is 61.1 Å². The predicted octanol–water partition coefficient (Wildman–Crippen LogP) is 4.02. The summed E-state index contributed by atoms with van der Waals surface area (Å²) in [6.45, 7) is 0. The normalized spacial score (nSPS) is 15.2. The minimum atomic E-state index is -8.77. The van der Waals surface area contributed by atoms with E-state index in [1.165, 1.54) is 0 Å². The molecule has 0 aliphatic carbocycles. The van der Waals surface area contributed by atoms with Gasteiger partial charge in [-0.05, 0) is 36.4 Å². The fourth-order valence-corrected chi connectivity index (χ4v) is 7.67. The number of halogens is 14. The first-order valence-corrected chi connectivity index (χ1v) is 16.3. The van der Waals surface area contributed by atoms with E-state index in [2.05, 4.69) is 0 Å². The summed E-state index contributed by atoms with van der Waals surface area (Å²) in [5, 5.41) is -15.9. The molecule has 0 saturated heterocycles. The van der Waals surface area contributed by atoms with Gasteiger partial charge in [0.1, 0.15) is 16.5 Å². The Hall–Kier alpha value is -2.82. The van der Waals surface area contributed by atoms with E-state index in [0.29, 0.717) is 0 Å². The lowest BCUT2D eigenvalue weighted by molar-refractivity contribution is -0.407. The monoisotopic (exact) mass is 777 g/mol. The Morgan fingerprint density at radius 2 is 0.935 bits per heavy atom. The minimum absolute atomic E-state index is 0.0486. The Kier molecular flexibility index (Phi) is 9.52. The van der Waals surface area contributed by atoms with Gasteiger partial charge < -0.3 is 0 Å². The van der Waals surface area contributed by atoms with E-state index in [-0.39, 0.29) is 34.5 Å². The van der Waals surface area contributed by atoms with E-state index in [4.69, 9.17) is 4.55 Å². The highest BCUT2D eigenvalue weighted by atomic mass is 32.3. The molecule has 262 valence electrons. The zero-order chi connectivity index (χ0) is 36.5. The Bertz CT molecular complexity index is 1970. The zero-order valence-corrected chi connectivity index (χ0v) is 23.9. The highest BCUT2D eigenvalue weighted by Crippen LogP contribution is 2.62. The third-order valence-corrected chi connectivity index (χ3v) is 11.7. The second kappa shape index (κ2) is 11.1. The zero-order valence-electron chi connectivity index (χ0n) is 20.7. The molecular weight excluding hydrogens is 768 g/mol. The second-order valence-corrected chi connectivity index (χ2v) is 15.5. The summed E-state index contributed by atoms with van der Waals surface area (Å²) in [6.07, 6.45) is 0. The molecule has 46 heavy (non-hydrogen) atoms. The maximum absolute atomic E-state index is 14.3. The Labute approximate surface area is 246 Å². The van der Waals surface area contributed by atoms with Crippen molar-refractivity contribution in [3.63, 3.8) is 0 Å². The van der Waals surface area contributed by atoms with Gasteiger partial charge in [0.25, 0.3) is 40.0 Å². The van der Waals surface area contributed by atoms with Gasteiger partial charge >= 0.3 is 34.2 Å². The van der Waals surface area contributed by atoms with Crippen LogP contribution < -0.4 is 4.13 Å². The van der Waals surface area contributed by atoms with Crippen molar-refractivity contribution in [1.82, 2.24) is 4.13 Å². The lowest BCUT2D eigenvalue weighted by Gasteiger charge is -2.40. The Balaban J connectivity index is 2.65. The highest BCUT2D eigenvalue weighted by Gasteiger charge is 2.93. The summed E-state index contributed by atoms with van der Waals surface area (Å²) in [7, 11) is -27.3. The Morgan fingerprint density at radius 1 is 0.543 bits per heavy atom. The van der Waals surface area contributed by atoms with Gasteiger partial charge in [0.15, 0.2) is 0 Å². The number of rotatable bonds is 12. The number of sulfone groups is 1. The quantitative estimate of drug-likeness (QED) is 0.184. The first kappa shape index (κ1) is 39.4. The standard InChI is InChI=1S/C18H9F14NO9S4/c19-8-1-6-12(11(20)7-8)43(34,35)17(29,30)15(25,26)13(21,22)14(23,24)16(27,28)18(31,32)46(41,42)33-44(36,37)9-2-4-10(5-3-9)45(38,39)40/h1-7,33H,(H,38,39,40). The van der Waals surface area contributed by atoms with Crippen molar-refractivity contribution in [2.45, 2.75) is 48.9 Å². The third kappa shape index (κ3) is 5.79. The van der Waals surface area contributed by atoms with E-state index in [1.807, 2.05) is 0 Å². The fraction of sp³-hybridized carbons (Fsp3) is 0.333. The topological polar surface area (TPSA) is 169 Å². The van der Waals surface area contributed by atoms with Crippen LogP contribution in [-0.2, 0) is 40.0 Å². The molecule has 0 unspecified atom stereocenters. The molecule has 0 amide bonds. The van der Waals surface area contributed by atoms with Crippen LogP contribution in [0.2, 0.25) is 0 Å². The van der Waals surface area contributed by atoms with Gasteiger partial charge in [0.05, 0.1) is 9.79 Å². The summed E-state index contributed by atoms with van der Waals surface area (Å²) < 4.78 is 299. The molecule has 2 rings (SSSR count). The van der Waals surface area contributed by atoms with Crippen molar-refractivity contribution in [3.05, 3.63) is 54.1 Å². The summed E-state index contributed by atoms with van der Waals surface area (Å²) >= 11 is 0. The van der Waals surface area contributed by atoms with Crippen molar-refractivity contribution < 1.29 is 99.7 Å². The van der Waals surface area contributed by atoms with Crippen LogP contribution in [0.1, 0.15) is 0 Å². The second-order valence-electron chi connectivity index (χ2n) is 8.45. The summed E-state index contributed by atoms with van der Waals surface area (Å²) in [5.74, 6) is -39.2. The van der Waals surface area contributed by atoms with Gasteiger partial charge in [-0.3, -0.25) is 4.55 Å². The van der Waals surface area contributed by atoms with Crippen molar-refractivity contribution in [1.29, 1.82) is 0 Å². The minimum Gasteiger partial charge on any atom is -0.282 e. The predicted molar refractivity (Wildman–Crippen MR) is 119 cm³/mol. The molecule has 2 N–H and O–H groups in total. The van der Waals surface area contributed by atoms with Crippen LogP contribution in [0.4, 0.5) is 61.5 Å². The van der Waals surface area contributed by atoms with Gasteiger partial charge in [-0.15, -0.1) is 0 Å². The van der Waals surface area contributed by atoms with Crippen LogP contribution in [-0.4, -0.2) is 72.4 Å². The molecule has 0 spiro atoms. The molecule has 0 heterocycles. The third-order valence-electron chi connectivity index (χ3n) is 5.42. The van der Waals surface area contributed by atoms with E-state index in [1.54, 1.807) is 0 Å². The molecule has 0 radical (unpaired) electrons. The molecule has 2 aromatic rings. The van der Waals surface area contributed by atoms with E-state index in [9.17, 15) is 95.1 Å². The molecule has 0 saturated carbocycles. The van der Waals surface area contributed by atoms with Crippen LogP contribution in [0, 0.1) is 11.6 Å². The number of sulfonamides is 2. The largest absolute Gasteiger partial charge is 0.428 e. The van der Waals surface area contributed by atoms with Gasteiger partial charge in [-0.25, -0.2) is 34.0 Å². The fourth-order valence-electron chi connectivity index (χ4n) is 2.96. The molecule has 0 fully saturated rings. The van der Waals surface area contributed by atoms with Crippen LogP contribution in [0.15, 0.2) is 57.2 Å². The molecule has 0 aromatic heterocycles. The number of alkyl halides is 12. The first-order valence-electron chi connectivity index (χ1n) is 10.4. The lowest BCUT2D eigenvalue weighted by Crippen LogP contribution is -2.73. The number of hydrogen-bond acceptors (Lipinski definition) is 8. The van der Waals surface area contributed by atoms with Gasteiger partial charge in [0.2, 0.25) is 0 Å². The number of nitrogens with one attached hydrogen (secondary N) is 1. The first-order chi connectivity index (χ1) is 20.1. The van der Waals surface area contributed by atoms with Crippen LogP contribution >= 0.6 is 0 Å². The van der Waals surface area contributed by atoms with Crippen molar-refractivity contribution in [2.75, 3.05) is 0 Å². The van der Waals surface area contributed by atoms with Crippen LogP contribution in [0.25, 0.3) is 0 Å². The number of hydrogen-bond donors (Lipinski definition) is 2. The van der Waals surface area contributed by atoms with Gasteiger partial charge in [0, 0.05) is 6.07 Å². The van der Waals surface area contributed by atoms with Gasteiger partial charge in [-0.1, -0.05) is 4.13 Å². The average molecular weight is 778 g/mol. The van der Waals surface area contributed by atoms with E-state index in [0.717, 1.165) is 0 Å². The van der Waals surface area contributed by atoms with Crippen molar-refractivity contribution in [3.8, 4) is 0 Å². The molecule has 0 atom stereocenters. The van der Waals surface area contributed by atoms with Crippen molar-refractivity contribution in [2.24, 2.45) is 0 Å². The highest BCUT2D eigenvalue weighted by molar-refractivity contribution is 8.05. The SMILES string of the molecule is O=S(=O)(O)c1ccc(S(=O)(=O)NS(=O)(=O)C(F)(F)C(F)(F)C(F)(F)C(F)(F)C(F)(F)C(F)(F)S(=O)(=O)c2ccc(F)cc2F)cc1. The Morgan fingerprint density at radius 3 is 1.33 bits per heavy atom. The molecule has 2 aromatic carbocycles. The summed E-state index contributed by atoms with van der Waals surface area (Å²) in [6, 6.07) is -1.45.